The minimum absolute atomic E-state index is 0.0529. The molecule has 0 unspecified atom stereocenters. The van der Waals surface area contributed by atoms with Crippen molar-refractivity contribution in [2.45, 2.75) is 31.7 Å². The van der Waals surface area contributed by atoms with Gasteiger partial charge in [-0.1, -0.05) is 24.3 Å². The van der Waals surface area contributed by atoms with Crippen LogP contribution in [-0.2, 0) is 4.79 Å². The molecule has 4 rings (SSSR count). The molecule has 3 N–H and O–H groups in total. The maximum Gasteiger partial charge on any atom is 0.317 e. The van der Waals surface area contributed by atoms with E-state index >= 15 is 0 Å². The van der Waals surface area contributed by atoms with E-state index in [2.05, 4.69) is 27.7 Å². The maximum atomic E-state index is 12.9. The van der Waals surface area contributed by atoms with Gasteiger partial charge in [-0.05, 0) is 68.6 Å². The highest BCUT2D eigenvalue weighted by molar-refractivity contribution is 5.94. The van der Waals surface area contributed by atoms with Gasteiger partial charge in [-0.15, -0.1) is 0 Å². The van der Waals surface area contributed by atoms with E-state index in [-0.39, 0.29) is 29.6 Å². The molecular weight excluding hydrogens is 432 g/mol. The average molecular weight is 467 g/mol. The van der Waals surface area contributed by atoms with E-state index in [9.17, 15) is 14.7 Å². The first-order chi connectivity index (χ1) is 16.5. The molecule has 2 aliphatic rings. The van der Waals surface area contributed by atoms with Crippen LogP contribution in [0, 0.1) is 5.92 Å². The molecule has 3 amide bonds. The number of urea groups is 1. The SMILES string of the molecule is COc1ccc([C@H](CNC(=O)N2CCC(C(=O)Nc3ccccc3O)CC2)N2CCCC2)cc1. The molecule has 2 aromatic carbocycles. The quantitative estimate of drug-likeness (QED) is 0.542. The van der Waals surface area contributed by atoms with Crippen molar-refractivity contribution in [2.24, 2.45) is 5.92 Å². The lowest BCUT2D eigenvalue weighted by Gasteiger charge is -2.33. The molecule has 0 aromatic heterocycles. The van der Waals surface area contributed by atoms with Crippen LogP contribution in [0.15, 0.2) is 48.5 Å². The Kier molecular flexibility index (Phi) is 7.90. The molecule has 1 atom stereocenters. The number of anilines is 1. The summed E-state index contributed by atoms with van der Waals surface area (Å²) in [5.74, 6) is 0.579. The monoisotopic (exact) mass is 466 g/mol. The number of ether oxygens (including phenoxy) is 1. The van der Waals surface area contributed by atoms with E-state index in [0.29, 0.717) is 38.2 Å². The second kappa shape index (κ2) is 11.2. The maximum absolute atomic E-state index is 12.9. The Morgan fingerprint density at radius 1 is 1.03 bits per heavy atom. The Labute approximate surface area is 200 Å². The van der Waals surface area contributed by atoms with Gasteiger partial charge >= 0.3 is 6.03 Å². The number of piperidine rings is 1. The van der Waals surface area contributed by atoms with Crippen molar-refractivity contribution in [2.75, 3.05) is 45.2 Å². The van der Waals surface area contributed by atoms with Gasteiger partial charge in [0.1, 0.15) is 11.5 Å². The average Bonchev–Trinajstić information content (AvgIpc) is 3.40. The summed E-state index contributed by atoms with van der Waals surface area (Å²) in [4.78, 5) is 29.7. The number of carbonyl (C=O) groups excluding carboxylic acids is 2. The van der Waals surface area contributed by atoms with Gasteiger partial charge in [0.15, 0.2) is 0 Å². The number of methoxy groups -OCH3 is 1. The summed E-state index contributed by atoms with van der Waals surface area (Å²) in [5.41, 5.74) is 1.58. The number of para-hydroxylation sites is 2. The molecule has 2 saturated heterocycles. The number of hydrogen-bond acceptors (Lipinski definition) is 5. The largest absolute Gasteiger partial charge is 0.506 e. The summed E-state index contributed by atoms with van der Waals surface area (Å²) in [6.45, 7) is 3.66. The minimum atomic E-state index is -0.180. The second-order valence-corrected chi connectivity index (χ2v) is 8.99. The van der Waals surface area contributed by atoms with Gasteiger partial charge in [0.05, 0.1) is 18.8 Å². The van der Waals surface area contributed by atoms with Crippen molar-refractivity contribution < 1.29 is 19.4 Å². The summed E-state index contributed by atoms with van der Waals surface area (Å²) >= 11 is 0. The highest BCUT2D eigenvalue weighted by Crippen LogP contribution is 2.27. The molecule has 34 heavy (non-hydrogen) atoms. The zero-order chi connectivity index (χ0) is 23.9. The smallest absolute Gasteiger partial charge is 0.317 e. The standard InChI is InChI=1S/C26H34N4O4/c1-34-21-10-8-19(9-11-21)23(29-14-4-5-15-29)18-27-26(33)30-16-12-20(13-17-30)25(32)28-22-6-2-3-7-24(22)31/h2-3,6-11,20,23,31H,4-5,12-18H2,1H3,(H,27,33)(H,28,32)/t23-/m0/s1. The number of aromatic hydroxyl groups is 1. The summed E-state index contributed by atoms with van der Waals surface area (Å²) in [7, 11) is 1.66. The molecule has 8 nitrogen and oxygen atoms in total. The topological polar surface area (TPSA) is 94.1 Å². The number of nitrogens with one attached hydrogen (secondary N) is 2. The number of phenolic OH excluding ortho intramolecular Hbond substituents is 1. The van der Waals surface area contributed by atoms with Gasteiger partial charge in [0.25, 0.3) is 0 Å². The number of benzene rings is 2. The fourth-order valence-corrected chi connectivity index (χ4v) is 4.79. The molecule has 182 valence electrons. The molecule has 0 spiro atoms. The van der Waals surface area contributed by atoms with E-state index < -0.39 is 0 Å². The second-order valence-electron chi connectivity index (χ2n) is 8.99. The van der Waals surface area contributed by atoms with Crippen molar-refractivity contribution in [1.29, 1.82) is 0 Å². The number of phenols is 1. The first-order valence-corrected chi connectivity index (χ1v) is 12.0. The Morgan fingerprint density at radius 2 is 1.71 bits per heavy atom. The lowest BCUT2D eigenvalue weighted by molar-refractivity contribution is -0.121. The highest BCUT2D eigenvalue weighted by atomic mass is 16.5. The summed E-state index contributed by atoms with van der Waals surface area (Å²) < 4.78 is 5.29. The third-order valence-corrected chi connectivity index (χ3v) is 6.84. The molecule has 2 heterocycles. The first kappa shape index (κ1) is 23.9. The van der Waals surface area contributed by atoms with Gasteiger partial charge in [-0.2, -0.15) is 0 Å². The predicted octanol–water partition coefficient (Wildman–Crippen LogP) is 3.60. The van der Waals surface area contributed by atoms with Crippen LogP contribution in [0.2, 0.25) is 0 Å². The van der Waals surface area contributed by atoms with Gasteiger partial charge in [-0.3, -0.25) is 9.69 Å². The summed E-state index contributed by atoms with van der Waals surface area (Å²) in [5, 5.41) is 15.8. The summed E-state index contributed by atoms with van der Waals surface area (Å²) in [6, 6.07) is 14.8. The Morgan fingerprint density at radius 3 is 2.35 bits per heavy atom. The van der Waals surface area contributed by atoms with Crippen molar-refractivity contribution in [1.82, 2.24) is 15.1 Å². The lowest BCUT2D eigenvalue weighted by Crippen LogP contribution is -2.48. The van der Waals surface area contributed by atoms with Crippen molar-refractivity contribution in [3.05, 3.63) is 54.1 Å². The van der Waals surface area contributed by atoms with Crippen LogP contribution >= 0.6 is 0 Å². The van der Waals surface area contributed by atoms with Crippen LogP contribution in [-0.4, -0.2) is 66.7 Å². The summed E-state index contributed by atoms with van der Waals surface area (Å²) in [6.07, 6.45) is 3.55. The Hall–Kier alpha value is -3.26. The Balaban J connectivity index is 1.29. The first-order valence-electron chi connectivity index (χ1n) is 12.0. The van der Waals surface area contributed by atoms with Crippen LogP contribution in [0.1, 0.15) is 37.3 Å². The lowest BCUT2D eigenvalue weighted by atomic mass is 9.96. The van der Waals surface area contributed by atoms with Crippen molar-refractivity contribution in [3.63, 3.8) is 0 Å². The van der Waals surface area contributed by atoms with Crippen LogP contribution in [0.5, 0.6) is 11.5 Å². The molecule has 8 heteroatoms. The number of hydrogen-bond donors (Lipinski definition) is 3. The fourth-order valence-electron chi connectivity index (χ4n) is 4.79. The molecular formula is C26H34N4O4. The highest BCUT2D eigenvalue weighted by Gasteiger charge is 2.29. The number of amides is 3. The van der Waals surface area contributed by atoms with Crippen LogP contribution in [0.25, 0.3) is 0 Å². The van der Waals surface area contributed by atoms with Gasteiger partial charge in [0.2, 0.25) is 5.91 Å². The molecule has 2 aliphatic heterocycles. The third kappa shape index (κ3) is 5.80. The Bertz CT molecular complexity index is 967. The molecule has 0 radical (unpaired) electrons. The van der Waals surface area contributed by atoms with Crippen molar-refractivity contribution >= 4 is 17.6 Å². The van der Waals surface area contributed by atoms with Crippen LogP contribution in [0.3, 0.4) is 0 Å². The molecule has 0 aliphatic carbocycles. The van der Waals surface area contributed by atoms with Gasteiger partial charge < -0.3 is 25.4 Å². The van der Waals surface area contributed by atoms with E-state index in [4.69, 9.17) is 4.74 Å². The predicted molar refractivity (Wildman–Crippen MR) is 131 cm³/mol. The van der Waals surface area contributed by atoms with E-state index in [0.717, 1.165) is 18.8 Å². The number of nitrogens with zero attached hydrogens (tertiary/aromatic N) is 2. The van der Waals surface area contributed by atoms with Gasteiger partial charge in [0, 0.05) is 25.6 Å². The normalized spacial score (nSPS) is 17.9. The zero-order valence-electron chi connectivity index (χ0n) is 19.7. The molecule has 0 saturated carbocycles. The number of carbonyl (C=O) groups is 2. The van der Waals surface area contributed by atoms with Crippen molar-refractivity contribution in [3.8, 4) is 11.5 Å². The van der Waals surface area contributed by atoms with Crippen LogP contribution < -0.4 is 15.4 Å². The number of likely N-dealkylation sites (tertiary alicyclic amines) is 2. The molecule has 2 fully saturated rings. The minimum Gasteiger partial charge on any atom is -0.506 e. The van der Waals surface area contributed by atoms with Crippen LogP contribution in [0.4, 0.5) is 10.5 Å². The van der Waals surface area contributed by atoms with E-state index in [1.54, 1.807) is 36.3 Å². The van der Waals surface area contributed by atoms with Gasteiger partial charge in [-0.25, -0.2) is 4.79 Å². The van der Waals surface area contributed by atoms with E-state index in [1.165, 1.54) is 18.4 Å². The zero-order valence-corrected chi connectivity index (χ0v) is 19.7. The third-order valence-electron chi connectivity index (χ3n) is 6.84. The fraction of sp³-hybridized carbons (Fsp3) is 0.462. The molecule has 0 bridgehead atoms. The number of rotatable bonds is 7. The molecule has 2 aromatic rings. The van der Waals surface area contributed by atoms with E-state index in [1.807, 2.05) is 12.1 Å².